The van der Waals surface area contributed by atoms with Crippen molar-refractivity contribution >= 4 is 11.9 Å². The molecule has 1 saturated carbocycles. The smallest absolute Gasteiger partial charge is 0.303 e. The lowest BCUT2D eigenvalue weighted by molar-refractivity contribution is -0.138. The second kappa shape index (κ2) is 9.80. The fraction of sp³-hybridized carbons (Fsp3) is 0.882. The molecule has 0 aromatic rings. The van der Waals surface area contributed by atoms with Crippen molar-refractivity contribution in [3.05, 3.63) is 0 Å². The highest BCUT2D eigenvalue weighted by molar-refractivity contribution is 5.76. The Morgan fingerprint density at radius 1 is 1.14 bits per heavy atom. The van der Waals surface area contributed by atoms with Crippen molar-refractivity contribution in [3.63, 3.8) is 0 Å². The molecule has 0 aliphatic heterocycles. The highest BCUT2D eigenvalue weighted by atomic mass is 16.4. The van der Waals surface area contributed by atoms with Gasteiger partial charge in [0.25, 0.3) is 0 Å². The Kier molecular flexibility index (Phi) is 8.40. The summed E-state index contributed by atoms with van der Waals surface area (Å²) >= 11 is 0. The number of carboxylic acids is 1. The number of aliphatic carboxylic acids is 1. The summed E-state index contributed by atoms with van der Waals surface area (Å²) in [5.41, 5.74) is 0. The molecule has 0 saturated heterocycles. The van der Waals surface area contributed by atoms with Crippen LogP contribution in [0.4, 0.5) is 0 Å². The summed E-state index contributed by atoms with van der Waals surface area (Å²) in [6.45, 7) is 4.67. The first-order valence-electron chi connectivity index (χ1n) is 8.45. The lowest BCUT2D eigenvalue weighted by Gasteiger charge is -2.19. The van der Waals surface area contributed by atoms with E-state index in [0.717, 1.165) is 19.3 Å². The number of amides is 1. The molecular formula is C17H31NO3. The minimum Gasteiger partial charge on any atom is -0.481 e. The van der Waals surface area contributed by atoms with Gasteiger partial charge in [0.15, 0.2) is 0 Å². The van der Waals surface area contributed by atoms with E-state index in [9.17, 15) is 9.59 Å². The van der Waals surface area contributed by atoms with Crippen molar-refractivity contribution in [1.82, 2.24) is 5.32 Å². The predicted octanol–water partition coefficient (Wildman–Crippen LogP) is 3.60. The molecule has 2 N–H and O–H groups in total. The fourth-order valence-corrected chi connectivity index (χ4v) is 3.31. The third-order valence-electron chi connectivity index (χ3n) is 4.30. The SMILES string of the molecule is CC(C)CC(CNC(=O)CC1CCCCCC1)CC(=O)O. The van der Waals surface area contributed by atoms with E-state index in [2.05, 4.69) is 19.2 Å². The monoisotopic (exact) mass is 297 g/mol. The topological polar surface area (TPSA) is 66.4 Å². The number of hydrogen-bond donors (Lipinski definition) is 2. The summed E-state index contributed by atoms with van der Waals surface area (Å²) in [4.78, 5) is 22.9. The van der Waals surface area contributed by atoms with Crippen molar-refractivity contribution in [1.29, 1.82) is 0 Å². The molecule has 1 fully saturated rings. The third-order valence-corrected chi connectivity index (χ3v) is 4.30. The maximum atomic E-state index is 12.0. The highest BCUT2D eigenvalue weighted by Gasteiger charge is 2.19. The van der Waals surface area contributed by atoms with Gasteiger partial charge in [0.2, 0.25) is 5.91 Å². The molecule has 0 aromatic heterocycles. The first kappa shape index (κ1) is 18.0. The molecule has 1 aliphatic rings. The first-order chi connectivity index (χ1) is 9.97. The van der Waals surface area contributed by atoms with Crippen LogP contribution in [0.1, 0.15) is 71.6 Å². The zero-order valence-electron chi connectivity index (χ0n) is 13.6. The Labute approximate surface area is 128 Å². The molecule has 0 bridgehead atoms. The molecule has 0 heterocycles. The fourth-order valence-electron chi connectivity index (χ4n) is 3.31. The average Bonchev–Trinajstić information content (AvgIpc) is 2.63. The Balaban J connectivity index is 2.32. The van der Waals surface area contributed by atoms with Crippen molar-refractivity contribution in [2.75, 3.05) is 6.54 Å². The van der Waals surface area contributed by atoms with Gasteiger partial charge in [0.05, 0.1) is 0 Å². The molecule has 1 rings (SSSR count). The summed E-state index contributed by atoms with van der Waals surface area (Å²) < 4.78 is 0. The molecule has 1 aliphatic carbocycles. The van der Waals surface area contributed by atoms with E-state index in [1.165, 1.54) is 25.7 Å². The summed E-state index contributed by atoms with van der Waals surface area (Å²) in [5, 5.41) is 11.9. The molecule has 1 unspecified atom stereocenters. The number of carbonyl (C=O) groups is 2. The second-order valence-electron chi connectivity index (χ2n) is 6.96. The van der Waals surface area contributed by atoms with Gasteiger partial charge in [-0.05, 0) is 37.0 Å². The molecule has 1 amide bonds. The Bertz CT molecular complexity index is 320. The van der Waals surface area contributed by atoms with Crippen LogP contribution >= 0.6 is 0 Å². The summed E-state index contributed by atoms with van der Waals surface area (Å²) in [5.74, 6) is 0.337. The van der Waals surface area contributed by atoms with Crippen molar-refractivity contribution in [3.8, 4) is 0 Å². The van der Waals surface area contributed by atoms with Gasteiger partial charge < -0.3 is 10.4 Å². The maximum Gasteiger partial charge on any atom is 0.303 e. The van der Waals surface area contributed by atoms with Crippen LogP contribution in [0.15, 0.2) is 0 Å². The first-order valence-corrected chi connectivity index (χ1v) is 8.45. The molecule has 21 heavy (non-hydrogen) atoms. The molecular weight excluding hydrogens is 266 g/mol. The van der Waals surface area contributed by atoms with E-state index in [1.54, 1.807) is 0 Å². The van der Waals surface area contributed by atoms with Gasteiger partial charge in [0.1, 0.15) is 0 Å². The van der Waals surface area contributed by atoms with E-state index >= 15 is 0 Å². The number of carbonyl (C=O) groups excluding carboxylic acids is 1. The highest BCUT2D eigenvalue weighted by Crippen LogP contribution is 2.25. The normalized spacial score (nSPS) is 18.2. The summed E-state index contributed by atoms with van der Waals surface area (Å²) in [6, 6.07) is 0. The van der Waals surface area contributed by atoms with E-state index in [4.69, 9.17) is 5.11 Å². The Hall–Kier alpha value is -1.06. The molecule has 4 nitrogen and oxygen atoms in total. The van der Waals surface area contributed by atoms with Gasteiger partial charge in [0, 0.05) is 19.4 Å². The van der Waals surface area contributed by atoms with Gasteiger partial charge in [-0.25, -0.2) is 0 Å². The molecule has 122 valence electrons. The van der Waals surface area contributed by atoms with Gasteiger partial charge in [-0.3, -0.25) is 9.59 Å². The quantitative estimate of drug-likeness (QED) is 0.673. The van der Waals surface area contributed by atoms with Crippen molar-refractivity contribution in [2.45, 2.75) is 71.6 Å². The van der Waals surface area contributed by atoms with Crippen LogP contribution in [-0.4, -0.2) is 23.5 Å². The third kappa shape index (κ3) is 8.74. The van der Waals surface area contributed by atoms with Gasteiger partial charge in [-0.1, -0.05) is 39.5 Å². The molecule has 0 radical (unpaired) electrons. The van der Waals surface area contributed by atoms with Crippen LogP contribution in [0.5, 0.6) is 0 Å². The van der Waals surface area contributed by atoms with Gasteiger partial charge >= 0.3 is 5.97 Å². The largest absolute Gasteiger partial charge is 0.481 e. The van der Waals surface area contributed by atoms with Crippen LogP contribution in [-0.2, 0) is 9.59 Å². The van der Waals surface area contributed by atoms with E-state index in [1.807, 2.05) is 0 Å². The minimum absolute atomic E-state index is 0.0422. The van der Waals surface area contributed by atoms with Crippen LogP contribution in [0.2, 0.25) is 0 Å². The molecule has 1 atom stereocenters. The van der Waals surface area contributed by atoms with Gasteiger partial charge in [-0.2, -0.15) is 0 Å². The van der Waals surface area contributed by atoms with E-state index < -0.39 is 5.97 Å². The van der Waals surface area contributed by atoms with E-state index in [0.29, 0.717) is 24.8 Å². The number of hydrogen-bond acceptors (Lipinski definition) is 2. The summed E-state index contributed by atoms with van der Waals surface area (Å²) in [7, 11) is 0. The zero-order valence-corrected chi connectivity index (χ0v) is 13.6. The zero-order chi connectivity index (χ0) is 15.7. The van der Waals surface area contributed by atoms with Crippen molar-refractivity contribution in [2.24, 2.45) is 17.8 Å². The number of nitrogens with one attached hydrogen (secondary N) is 1. The number of carboxylic acid groups (broad SMARTS) is 1. The maximum absolute atomic E-state index is 12.0. The minimum atomic E-state index is -0.779. The number of rotatable bonds is 8. The standard InChI is InChI=1S/C17H31NO3/c1-13(2)9-15(11-17(20)21)12-18-16(19)10-14-7-5-3-4-6-8-14/h13-15H,3-12H2,1-2H3,(H,18,19)(H,20,21). The van der Waals surface area contributed by atoms with Gasteiger partial charge in [-0.15, -0.1) is 0 Å². The molecule has 0 aromatic carbocycles. The van der Waals surface area contributed by atoms with E-state index in [-0.39, 0.29) is 18.2 Å². The van der Waals surface area contributed by atoms with Crippen molar-refractivity contribution < 1.29 is 14.7 Å². The predicted molar refractivity (Wildman–Crippen MR) is 84.0 cm³/mol. The van der Waals surface area contributed by atoms with Crippen LogP contribution in [0.25, 0.3) is 0 Å². The van der Waals surface area contributed by atoms with Crippen LogP contribution in [0.3, 0.4) is 0 Å². The summed E-state index contributed by atoms with van der Waals surface area (Å²) in [6.07, 6.45) is 9.01. The molecule has 0 spiro atoms. The average molecular weight is 297 g/mol. The second-order valence-corrected chi connectivity index (χ2v) is 6.96. The lowest BCUT2D eigenvalue weighted by Crippen LogP contribution is -2.32. The lowest BCUT2D eigenvalue weighted by atomic mass is 9.93. The van der Waals surface area contributed by atoms with Crippen LogP contribution in [0, 0.1) is 17.8 Å². The van der Waals surface area contributed by atoms with Crippen LogP contribution < -0.4 is 5.32 Å². The Morgan fingerprint density at radius 2 is 1.76 bits per heavy atom. The molecule has 4 heteroatoms. The Morgan fingerprint density at radius 3 is 2.29 bits per heavy atom.